The largest absolute Gasteiger partial charge is 0.512 e. The molecule has 0 spiro atoms. The molecule has 0 unspecified atom stereocenters. The maximum atomic E-state index is 10.1. The summed E-state index contributed by atoms with van der Waals surface area (Å²) in [5, 5.41) is 20.0. The second-order valence-electron chi connectivity index (χ2n) is 4.89. The summed E-state index contributed by atoms with van der Waals surface area (Å²) in [5.41, 5.74) is 4.10. The van der Waals surface area contributed by atoms with Crippen LogP contribution in [0.5, 0.6) is 0 Å². The van der Waals surface area contributed by atoms with Crippen LogP contribution in [0, 0.1) is 0 Å². The predicted molar refractivity (Wildman–Crippen MR) is 85.8 cm³/mol. The molecule has 0 fully saturated rings. The fraction of sp³-hybridized carbons (Fsp3) is 0.444. The van der Waals surface area contributed by atoms with Crippen LogP contribution in [0.4, 0.5) is 0 Å². The lowest BCUT2D eigenvalue weighted by Crippen LogP contribution is -2.06. The Morgan fingerprint density at radius 2 is 1.90 bits per heavy atom. The van der Waals surface area contributed by atoms with Crippen LogP contribution in [0.15, 0.2) is 58.6 Å². The first-order valence-corrected chi connectivity index (χ1v) is 7.45. The summed E-state index contributed by atoms with van der Waals surface area (Å²) in [4.78, 5) is 0. The average Bonchev–Trinajstić information content (AvgIpc) is 2.47. The van der Waals surface area contributed by atoms with Crippen molar-refractivity contribution in [3.05, 3.63) is 58.6 Å². The highest BCUT2D eigenvalue weighted by Gasteiger charge is 2.20. The van der Waals surface area contributed by atoms with E-state index in [9.17, 15) is 10.2 Å². The van der Waals surface area contributed by atoms with Gasteiger partial charge in [0, 0.05) is 6.42 Å². The van der Waals surface area contributed by atoms with Gasteiger partial charge < -0.3 is 10.2 Å². The second kappa shape index (κ2) is 7.78. The van der Waals surface area contributed by atoms with Crippen LogP contribution >= 0.6 is 0 Å². The molecular formula is C18H26O2. The first kappa shape index (κ1) is 16.4. The van der Waals surface area contributed by atoms with Crippen LogP contribution in [0.1, 0.15) is 52.9 Å². The lowest BCUT2D eigenvalue weighted by atomic mass is 9.85. The Bertz CT molecular complexity index is 488. The van der Waals surface area contributed by atoms with Crippen LogP contribution in [0.2, 0.25) is 0 Å². The van der Waals surface area contributed by atoms with Crippen LogP contribution in [0.25, 0.3) is 0 Å². The zero-order valence-corrected chi connectivity index (χ0v) is 12.9. The average molecular weight is 274 g/mol. The van der Waals surface area contributed by atoms with E-state index in [1.165, 1.54) is 0 Å². The molecule has 2 N–H and O–H groups in total. The van der Waals surface area contributed by atoms with Crippen LogP contribution in [-0.2, 0) is 0 Å². The van der Waals surface area contributed by atoms with E-state index >= 15 is 0 Å². The van der Waals surface area contributed by atoms with Gasteiger partial charge in [0.15, 0.2) is 0 Å². The van der Waals surface area contributed by atoms with Crippen molar-refractivity contribution in [3.8, 4) is 0 Å². The minimum Gasteiger partial charge on any atom is -0.512 e. The Labute approximate surface area is 122 Å². The molecule has 0 saturated heterocycles. The van der Waals surface area contributed by atoms with E-state index < -0.39 is 0 Å². The van der Waals surface area contributed by atoms with E-state index in [4.69, 9.17) is 0 Å². The van der Waals surface area contributed by atoms with Gasteiger partial charge in [0.05, 0.1) is 5.76 Å². The summed E-state index contributed by atoms with van der Waals surface area (Å²) in [5.74, 6) is 0.883. The molecular weight excluding hydrogens is 248 g/mol. The van der Waals surface area contributed by atoms with Crippen LogP contribution in [-0.4, -0.2) is 10.2 Å². The SMILES string of the molecule is C=CCC1=C(O)CCC(C2=C(O)C(C)=CCC2)=C1.CC. The van der Waals surface area contributed by atoms with Gasteiger partial charge in [-0.25, -0.2) is 0 Å². The summed E-state index contributed by atoms with van der Waals surface area (Å²) < 4.78 is 0. The molecule has 2 aliphatic carbocycles. The standard InChI is InChI=1S/C16H20O2.C2H6/c1-3-5-13-10-12(8-9-15(13)17)14-7-4-6-11(2)16(14)18;1-2/h3,6,10,17-18H,1,4-5,7-9H2,2H3;1-2H3. The van der Waals surface area contributed by atoms with Crippen LogP contribution < -0.4 is 0 Å². The van der Waals surface area contributed by atoms with Crippen molar-refractivity contribution in [2.75, 3.05) is 0 Å². The van der Waals surface area contributed by atoms with E-state index in [-0.39, 0.29) is 0 Å². The first-order chi connectivity index (χ1) is 9.63. The monoisotopic (exact) mass is 274 g/mol. The van der Waals surface area contributed by atoms with Crippen molar-refractivity contribution in [2.24, 2.45) is 0 Å². The summed E-state index contributed by atoms with van der Waals surface area (Å²) in [6.07, 6.45) is 9.90. The maximum Gasteiger partial charge on any atom is 0.121 e. The molecule has 0 saturated carbocycles. The number of hydrogen-bond donors (Lipinski definition) is 2. The molecule has 0 radical (unpaired) electrons. The third-order valence-electron chi connectivity index (χ3n) is 3.61. The molecule has 0 aliphatic heterocycles. The molecule has 0 aromatic rings. The van der Waals surface area contributed by atoms with Gasteiger partial charge >= 0.3 is 0 Å². The number of aliphatic hydroxyl groups excluding tert-OH is 2. The highest BCUT2D eigenvalue weighted by Crippen LogP contribution is 2.35. The highest BCUT2D eigenvalue weighted by atomic mass is 16.3. The molecule has 0 aromatic heterocycles. The number of hydrogen-bond acceptors (Lipinski definition) is 2. The molecule has 0 aromatic carbocycles. The van der Waals surface area contributed by atoms with Gasteiger partial charge in [-0.15, -0.1) is 6.58 Å². The summed E-state index contributed by atoms with van der Waals surface area (Å²) in [6, 6.07) is 0. The normalized spacial score (nSPS) is 18.9. The van der Waals surface area contributed by atoms with Gasteiger partial charge in [-0.1, -0.05) is 32.1 Å². The van der Waals surface area contributed by atoms with E-state index in [2.05, 4.69) is 12.7 Å². The van der Waals surface area contributed by atoms with Gasteiger partial charge in [0.1, 0.15) is 5.76 Å². The second-order valence-corrected chi connectivity index (χ2v) is 4.89. The summed E-state index contributed by atoms with van der Waals surface area (Å²) >= 11 is 0. The zero-order valence-electron chi connectivity index (χ0n) is 12.9. The van der Waals surface area contributed by atoms with Crippen molar-refractivity contribution in [1.82, 2.24) is 0 Å². The number of allylic oxidation sites excluding steroid dienone is 8. The molecule has 2 heteroatoms. The Morgan fingerprint density at radius 3 is 2.55 bits per heavy atom. The predicted octanol–water partition coefficient (Wildman–Crippen LogP) is 5.67. The van der Waals surface area contributed by atoms with Gasteiger partial charge in [0.2, 0.25) is 0 Å². The fourth-order valence-corrected chi connectivity index (χ4v) is 2.55. The molecule has 0 bridgehead atoms. The quantitative estimate of drug-likeness (QED) is 0.651. The van der Waals surface area contributed by atoms with E-state index in [0.29, 0.717) is 24.4 Å². The summed E-state index contributed by atoms with van der Waals surface area (Å²) in [6.45, 7) is 9.65. The van der Waals surface area contributed by atoms with Crippen molar-refractivity contribution >= 4 is 0 Å². The Balaban J connectivity index is 0.000000956. The molecule has 110 valence electrons. The van der Waals surface area contributed by atoms with E-state index in [1.807, 2.05) is 26.8 Å². The molecule has 0 atom stereocenters. The number of rotatable bonds is 3. The Kier molecular flexibility index (Phi) is 6.37. The minimum atomic E-state index is 0.423. The van der Waals surface area contributed by atoms with Gasteiger partial charge in [-0.05, 0) is 54.9 Å². The lowest BCUT2D eigenvalue weighted by molar-refractivity contribution is 0.377. The fourth-order valence-electron chi connectivity index (χ4n) is 2.55. The third-order valence-corrected chi connectivity index (χ3v) is 3.61. The molecule has 20 heavy (non-hydrogen) atoms. The Hall–Kier alpha value is -1.70. The molecule has 2 aliphatic rings. The van der Waals surface area contributed by atoms with Gasteiger partial charge in [0.25, 0.3) is 0 Å². The van der Waals surface area contributed by atoms with Crippen molar-refractivity contribution in [3.63, 3.8) is 0 Å². The van der Waals surface area contributed by atoms with Gasteiger partial charge in [-0.2, -0.15) is 0 Å². The van der Waals surface area contributed by atoms with E-state index in [1.54, 1.807) is 6.08 Å². The summed E-state index contributed by atoms with van der Waals surface area (Å²) in [7, 11) is 0. The smallest absolute Gasteiger partial charge is 0.121 e. The van der Waals surface area contributed by atoms with Crippen molar-refractivity contribution in [1.29, 1.82) is 0 Å². The molecule has 2 nitrogen and oxygen atoms in total. The van der Waals surface area contributed by atoms with E-state index in [0.717, 1.165) is 41.6 Å². The molecule has 2 rings (SSSR count). The maximum absolute atomic E-state index is 10.1. The van der Waals surface area contributed by atoms with Crippen LogP contribution in [0.3, 0.4) is 0 Å². The van der Waals surface area contributed by atoms with Crippen molar-refractivity contribution < 1.29 is 10.2 Å². The topological polar surface area (TPSA) is 40.5 Å². The van der Waals surface area contributed by atoms with Gasteiger partial charge in [-0.3, -0.25) is 0 Å². The zero-order chi connectivity index (χ0) is 15.1. The van der Waals surface area contributed by atoms with Crippen molar-refractivity contribution in [2.45, 2.75) is 52.9 Å². The highest BCUT2D eigenvalue weighted by molar-refractivity contribution is 5.48. The minimum absolute atomic E-state index is 0.423. The molecule has 0 heterocycles. The lowest BCUT2D eigenvalue weighted by Gasteiger charge is -2.22. The number of aliphatic hydroxyl groups is 2. The third kappa shape index (κ3) is 3.66. The Morgan fingerprint density at radius 1 is 1.20 bits per heavy atom. The molecule has 0 amide bonds. The first-order valence-electron chi connectivity index (χ1n) is 7.45.